The smallest absolute Gasteiger partial charge is 0.410 e. The summed E-state index contributed by atoms with van der Waals surface area (Å²) in [6.07, 6.45) is 11.1. The molecule has 8 heteroatoms. The second-order valence-corrected chi connectivity index (χ2v) is 10.9. The van der Waals surface area contributed by atoms with Gasteiger partial charge in [-0.2, -0.15) is 0 Å². The molecule has 1 aliphatic heterocycles. The summed E-state index contributed by atoms with van der Waals surface area (Å²) < 4.78 is 9.84. The van der Waals surface area contributed by atoms with E-state index in [-0.39, 0.29) is 6.09 Å². The average molecular weight is 466 g/mol. The zero-order valence-electron chi connectivity index (χ0n) is 20.0. The van der Waals surface area contributed by atoms with E-state index in [0.29, 0.717) is 19.0 Å². The zero-order chi connectivity index (χ0) is 23.3. The van der Waals surface area contributed by atoms with Crippen LogP contribution < -0.4 is 0 Å². The van der Waals surface area contributed by atoms with Crippen LogP contribution in [0.25, 0.3) is 20.9 Å². The first-order chi connectivity index (χ1) is 15.7. The highest BCUT2D eigenvalue weighted by Gasteiger charge is 2.28. The maximum Gasteiger partial charge on any atom is 0.410 e. The molecule has 1 saturated heterocycles. The quantitative estimate of drug-likeness (QED) is 0.390. The first-order valence-electron chi connectivity index (χ1n) is 11.6. The van der Waals surface area contributed by atoms with Crippen molar-refractivity contribution in [3.8, 4) is 10.4 Å². The molecule has 0 bridgehead atoms. The van der Waals surface area contributed by atoms with E-state index < -0.39 is 5.60 Å². The molecule has 0 spiro atoms. The number of carbonyl (C=O) groups excluding carboxylic acids is 1. The van der Waals surface area contributed by atoms with Gasteiger partial charge in [-0.05, 0) is 53.0 Å². The van der Waals surface area contributed by atoms with E-state index in [2.05, 4.69) is 51.6 Å². The molecule has 0 aromatic carbocycles. The van der Waals surface area contributed by atoms with Crippen LogP contribution in [-0.4, -0.2) is 48.5 Å². The monoisotopic (exact) mass is 465 g/mol. The molecule has 0 N–H and O–H groups in total. The van der Waals surface area contributed by atoms with Gasteiger partial charge in [0.1, 0.15) is 5.60 Å². The minimum atomic E-state index is -0.459. The van der Waals surface area contributed by atoms with E-state index in [9.17, 15) is 4.79 Å². The van der Waals surface area contributed by atoms with Crippen molar-refractivity contribution in [1.29, 1.82) is 0 Å². The predicted molar refractivity (Wildman–Crippen MR) is 131 cm³/mol. The molecule has 1 amide bonds. The summed E-state index contributed by atoms with van der Waals surface area (Å²) in [5, 5.41) is 0. The highest BCUT2D eigenvalue weighted by Crippen LogP contribution is 2.34. The number of piperidine rings is 1. The SMILES string of the molecule is CCc1nc(C)cn2cc(-c3cn4cc(C5CCN(C(=O)OC(C)(C)C)CC5)nc4s3)cc12. The molecule has 0 unspecified atom stereocenters. The number of fused-ring (bicyclic) bond motifs is 2. The Morgan fingerprint density at radius 1 is 1.12 bits per heavy atom. The standard InChI is InChI=1S/C25H31N5O2S/c1-6-19-21-11-18(13-29(21)12-16(2)26-19)22-15-30-14-20(27-23(30)33-22)17-7-9-28(10-8-17)24(31)32-25(3,4)5/h11-15,17H,6-10H2,1-5H3. The lowest BCUT2D eigenvalue weighted by Gasteiger charge is -2.32. The van der Waals surface area contributed by atoms with Crippen LogP contribution in [0, 0.1) is 6.92 Å². The van der Waals surface area contributed by atoms with Crippen LogP contribution in [0.3, 0.4) is 0 Å². The Morgan fingerprint density at radius 3 is 2.55 bits per heavy atom. The molecular formula is C25H31N5O2S. The first-order valence-corrected chi connectivity index (χ1v) is 12.5. The fourth-order valence-electron chi connectivity index (χ4n) is 4.54. The molecule has 4 aromatic rings. The van der Waals surface area contributed by atoms with Crippen LogP contribution in [0.2, 0.25) is 0 Å². The summed E-state index contributed by atoms with van der Waals surface area (Å²) in [4.78, 5) is 26.0. The lowest BCUT2D eigenvalue weighted by atomic mass is 9.94. The van der Waals surface area contributed by atoms with Crippen LogP contribution in [0.1, 0.15) is 63.5 Å². The Kier molecular flexibility index (Phi) is 5.43. The lowest BCUT2D eigenvalue weighted by molar-refractivity contribution is 0.0204. The largest absolute Gasteiger partial charge is 0.444 e. The van der Waals surface area contributed by atoms with E-state index in [1.807, 2.05) is 32.6 Å². The number of likely N-dealkylation sites (tertiary alicyclic amines) is 1. The van der Waals surface area contributed by atoms with Gasteiger partial charge in [0.2, 0.25) is 0 Å². The van der Waals surface area contributed by atoms with E-state index in [1.165, 1.54) is 16.0 Å². The predicted octanol–water partition coefficient (Wildman–Crippen LogP) is 5.70. The topological polar surface area (TPSA) is 64.1 Å². The van der Waals surface area contributed by atoms with Crippen molar-refractivity contribution in [3.05, 3.63) is 47.9 Å². The Labute approximate surface area is 198 Å². The number of hydrogen-bond acceptors (Lipinski definition) is 5. The molecule has 0 aliphatic carbocycles. The minimum Gasteiger partial charge on any atom is -0.444 e. The molecule has 0 atom stereocenters. The van der Waals surface area contributed by atoms with E-state index in [4.69, 9.17) is 9.72 Å². The third-order valence-electron chi connectivity index (χ3n) is 6.14. The molecule has 5 heterocycles. The van der Waals surface area contributed by atoms with Gasteiger partial charge in [-0.1, -0.05) is 18.3 Å². The van der Waals surface area contributed by atoms with Crippen LogP contribution in [0.4, 0.5) is 4.79 Å². The number of thiazole rings is 1. The van der Waals surface area contributed by atoms with Gasteiger partial charge in [0, 0.05) is 49.4 Å². The molecule has 174 valence electrons. The first kappa shape index (κ1) is 21.9. The van der Waals surface area contributed by atoms with E-state index in [0.717, 1.165) is 41.3 Å². The summed E-state index contributed by atoms with van der Waals surface area (Å²) in [5.74, 6) is 0.373. The van der Waals surface area contributed by atoms with Crippen molar-refractivity contribution < 1.29 is 9.53 Å². The molecule has 0 saturated carbocycles. The van der Waals surface area contributed by atoms with Gasteiger partial charge < -0.3 is 14.0 Å². The molecule has 4 aromatic heterocycles. The van der Waals surface area contributed by atoms with Crippen molar-refractivity contribution in [2.45, 2.75) is 65.4 Å². The fraction of sp³-hybridized carbons (Fsp3) is 0.480. The Hall–Kier alpha value is -2.87. The Bertz CT molecular complexity index is 1290. The van der Waals surface area contributed by atoms with Gasteiger partial charge in [0.15, 0.2) is 4.96 Å². The van der Waals surface area contributed by atoms with Gasteiger partial charge in [0.05, 0.1) is 27.5 Å². The van der Waals surface area contributed by atoms with Crippen LogP contribution in [0.5, 0.6) is 0 Å². The van der Waals surface area contributed by atoms with Crippen molar-refractivity contribution in [3.63, 3.8) is 0 Å². The number of aryl methyl sites for hydroxylation is 2. The van der Waals surface area contributed by atoms with Crippen molar-refractivity contribution in [1.82, 2.24) is 23.7 Å². The molecule has 7 nitrogen and oxygen atoms in total. The second-order valence-electron chi connectivity index (χ2n) is 9.90. The summed E-state index contributed by atoms with van der Waals surface area (Å²) >= 11 is 1.71. The Balaban J connectivity index is 1.32. The summed E-state index contributed by atoms with van der Waals surface area (Å²) in [5.41, 5.74) is 5.18. The number of rotatable bonds is 3. The zero-order valence-corrected chi connectivity index (χ0v) is 20.8. The third-order valence-corrected chi connectivity index (χ3v) is 7.19. The number of hydrogen-bond donors (Lipinski definition) is 0. The number of aromatic nitrogens is 4. The van der Waals surface area contributed by atoms with Crippen LogP contribution in [-0.2, 0) is 11.2 Å². The molecule has 1 fully saturated rings. The van der Waals surface area contributed by atoms with Gasteiger partial charge in [-0.3, -0.25) is 9.38 Å². The average Bonchev–Trinajstić information content (AvgIpc) is 3.44. The normalized spacial score (nSPS) is 15.6. The van der Waals surface area contributed by atoms with Crippen molar-refractivity contribution >= 4 is 27.9 Å². The number of ether oxygens (including phenoxy) is 1. The summed E-state index contributed by atoms with van der Waals surface area (Å²) in [6, 6.07) is 2.23. The van der Waals surface area contributed by atoms with Gasteiger partial charge in [0.25, 0.3) is 0 Å². The number of carbonyl (C=O) groups is 1. The molecule has 33 heavy (non-hydrogen) atoms. The maximum atomic E-state index is 12.3. The van der Waals surface area contributed by atoms with E-state index in [1.54, 1.807) is 11.3 Å². The van der Waals surface area contributed by atoms with Gasteiger partial charge in [-0.25, -0.2) is 9.78 Å². The molecular weight excluding hydrogens is 434 g/mol. The highest BCUT2D eigenvalue weighted by molar-refractivity contribution is 7.20. The number of amides is 1. The molecule has 5 rings (SSSR count). The summed E-state index contributed by atoms with van der Waals surface area (Å²) in [6.45, 7) is 11.3. The second kappa shape index (κ2) is 8.17. The molecule has 1 aliphatic rings. The van der Waals surface area contributed by atoms with Crippen molar-refractivity contribution in [2.24, 2.45) is 0 Å². The van der Waals surface area contributed by atoms with Crippen LogP contribution >= 0.6 is 11.3 Å². The lowest BCUT2D eigenvalue weighted by Crippen LogP contribution is -2.41. The van der Waals surface area contributed by atoms with Gasteiger partial charge >= 0.3 is 6.09 Å². The van der Waals surface area contributed by atoms with Crippen LogP contribution in [0.15, 0.2) is 30.9 Å². The Morgan fingerprint density at radius 2 is 1.88 bits per heavy atom. The molecule has 0 radical (unpaired) electrons. The summed E-state index contributed by atoms with van der Waals surface area (Å²) in [7, 11) is 0. The van der Waals surface area contributed by atoms with Crippen molar-refractivity contribution in [2.75, 3.05) is 13.1 Å². The van der Waals surface area contributed by atoms with Gasteiger partial charge in [-0.15, -0.1) is 0 Å². The highest BCUT2D eigenvalue weighted by atomic mass is 32.1. The maximum absolute atomic E-state index is 12.3. The number of nitrogens with zero attached hydrogens (tertiary/aromatic N) is 5. The van der Waals surface area contributed by atoms with E-state index >= 15 is 0 Å². The fourth-order valence-corrected chi connectivity index (χ4v) is 5.50. The number of imidazole rings is 1. The third kappa shape index (κ3) is 4.36. The minimum absolute atomic E-state index is 0.215.